The molecule has 1 heterocycles. The first kappa shape index (κ1) is 13.1. The van der Waals surface area contributed by atoms with Gasteiger partial charge in [-0.3, -0.25) is 0 Å². The summed E-state index contributed by atoms with van der Waals surface area (Å²) in [6, 6.07) is 0. The fourth-order valence-electron chi connectivity index (χ4n) is 1.27. The van der Waals surface area contributed by atoms with Crippen LogP contribution in [0.4, 0.5) is 0 Å². The molecule has 0 atom stereocenters. The summed E-state index contributed by atoms with van der Waals surface area (Å²) < 4.78 is 11.0. The van der Waals surface area contributed by atoms with Gasteiger partial charge >= 0.3 is 11.9 Å². The van der Waals surface area contributed by atoms with Crippen LogP contribution in [0.5, 0.6) is 0 Å². The van der Waals surface area contributed by atoms with Crippen molar-refractivity contribution < 1.29 is 19.1 Å². The molecule has 0 aliphatic rings. The van der Waals surface area contributed by atoms with Gasteiger partial charge in [-0.2, -0.15) is 0 Å². The molecule has 94 valence electrons. The molecule has 7 heteroatoms. The Morgan fingerprint density at radius 1 is 1.12 bits per heavy atom. The molecule has 0 N–H and O–H groups in total. The molecule has 17 heavy (non-hydrogen) atoms. The average Bonchev–Trinajstić information content (AvgIpc) is 2.73. The zero-order chi connectivity index (χ0) is 12.8. The Balaban J connectivity index is 3.09. The van der Waals surface area contributed by atoms with Crippen LogP contribution in [0, 0.1) is 0 Å². The van der Waals surface area contributed by atoms with E-state index in [4.69, 9.17) is 9.47 Å². The van der Waals surface area contributed by atoms with Crippen LogP contribution in [-0.4, -0.2) is 40.1 Å². The van der Waals surface area contributed by atoms with Crippen LogP contribution < -0.4 is 0 Å². The minimum absolute atomic E-state index is 0.0350. The second-order valence-corrected chi connectivity index (χ2v) is 3.04. The van der Waals surface area contributed by atoms with Crippen molar-refractivity contribution in [3.05, 3.63) is 11.4 Å². The van der Waals surface area contributed by atoms with E-state index >= 15 is 0 Å². The molecule has 1 rings (SSSR count). The van der Waals surface area contributed by atoms with Gasteiger partial charge in [0.15, 0.2) is 5.69 Å². The summed E-state index contributed by atoms with van der Waals surface area (Å²) in [6.45, 7) is 5.98. The Bertz CT molecular complexity index is 414. The van der Waals surface area contributed by atoms with E-state index < -0.39 is 11.9 Å². The van der Waals surface area contributed by atoms with Crippen molar-refractivity contribution in [3.63, 3.8) is 0 Å². The van der Waals surface area contributed by atoms with Crippen LogP contribution in [-0.2, 0) is 16.0 Å². The molecule has 0 unspecified atom stereocenters. The first-order valence-corrected chi connectivity index (χ1v) is 5.43. The monoisotopic (exact) mass is 241 g/mol. The Morgan fingerprint density at radius 2 is 1.71 bits per heavy atom. The predicted octanol–water partition coefficient (Wildman–Crippen LogP) is 0.651. The van der Waals surface area contributed by atoms with Crippen LogP contribution in [0.3, 0.4) is 0 Å². The van der Waals surface area contributed by atoms with Gasteiger partial charge in [-0.05, 0) is 20.8 Å². The van der Waals surface area contributed by atoms with Gasteiger partial charge in [0.05, 0.1) is 13.2 Å². The van der Waals surface area contributed by atoms with E-state index in [0.29, 0.717) is 6.54 Å². The lowest BCUT2D eigenvalue weighted by Gasteiger charge is -2.04. The number of carbonyl (C=O) groups is 2. The zero-order valence-electron chi connectivity index (χ0n) is 10.1. The van der Waals surface area contributed by atoms with Crippen molar-refractivity contribution in [2.45, 2.75) is 27.3 Å². The van der Waals surface area contributed by atoms with Gasteiger partial charge in [0.1, 0.15) is 0 Å². The summed E-state index contributed by atoms with van der Waals surface area (Å²) >= 11 is 0. The molecular formula is C10H15N3O4. The highest BCUT2D eigenvalue weighted by Crippen LogP contribution is 2.09. The molecule has 0 saturated carbocycles. The minimum Gasteiger partial charge on any atom is -0.461 e. The van der Waals surface area contributed by atoms with Crippen molar-refractivity contribution in [1.29, 1.82) is 0 Å². The van der Waals surface area contributed by atoms with Gasteiger partial charge in [0.25, 0.3) is 0 Å². The van der Waals surface area contributed by atoms with E-state index in [1.807, 2.05) is 0 Å². The maximum Gasteiger partial charge on any atom is 0.361 e. The van der Waals surface area contributed by atoms with Crippen molar-refractivity contribution in [3.8, 4) is 0 Å². The predicted molar refractivity (Wildman–Crippen MR) is 57.6 cm³/mol. The second-order valence-electron chi connectivity index (χ2n) is 3.04. The highest BCUT2D eigenvalue weighted by molar-refractivity contribution is 6.00. The number of ether oxygens (including phenoxy) is 2. The topological polar surface area (TPSA) is 83.3 Å². The first-order chi connectivity index (χ1) is 8.15. The number of aromatic nitrogens is 3. The number of hydrogen-bond acceptors (Lipinski definition) is 6. The van der Waals surface area contributed by atoms with Gasteiger partial charge in [0.2, 0.25) is 5.69 Å². The molecule has 0 saturated heterocycles. The highest BCUT2D eigenvalue weighted by Gasteiger charge is 2.26. The van der Waals surface area contributed by atoms with Gasteiger partial charge in [-0.15, -0.1) is 5.10 Å². The van der Waals surface area contributed by atoms with Gasteiger partial charge in [-0.1, -0.05) is 5.21 Å². The van der Waals surface area contributed by atoms with E-state index in [0.717, 1.165) is 0 Å². The molecular weight excluding hydrogens is 226 g/mol. The highest BCUT2D eigenvalue weighted by atomic mass is 16.5. The number of esters is 2. The largest absolute Gasteiger partial charge is 0.461 e. The first-order valence-electron chi connectivity index (χ1n) is 5.43. The average molecular weight is 241 g/mol. The number of rotatable bonds is 5. The summed E-state index contributed by atoms with van der Waals surface area (Å²) in [5.74, 6) is -1.29. The summed E-state index contributed by atoms with van der Waals surface area (Å²) in [5.41, 5.74) is -0.0695. The molecule has 1 aromatic heterocycles. The van der Waals surface area contributed by atoms with Crippen molar-refractivity contribution >= 4 is 11.9 Å². The number of nitrogens with zero attached hydrogens (tertiary/aromatic N) is 3. The minimum atomic E-state index is -0.671. The van der Waals surface area contributed by atoms with Crippen LogP contribution in [0.25, 0.3) is 0 Å². The summed E-state index contributed by atoms with van der Waals surface area (Å²) in [7, 11) is 0. The lowest BCUT2D eigenvalue weighted by Crippen LogP contribution is -2.17. The zero-order valence-corrected chi connectivity index (χ0v) is 10.1. The summed E-state index contributed by atoms with van der Waals surface area (Å²) in [6.07, 6.45) is 0. The fourth-order valence-corrected chi connectivity index (χ4v) is 1.27. The molecule has 0 bridgehead atoms. The van der Waals surface area contributed by atoms with Crippen LogP contribution in [0.1, 0.15) is 41.7 Å². The maximum atomic E-state index is 11.7. The SMILES string of the molecule is CCOC(=O)c1nnn(CC)c1C(=O)OCC. The Kier molecular flexibility index (Phi) is 4.62. The Labute approximate surface area is 98.7 Å². The van der Waals surface area contributed by atoms with Crippen molar-refractivity contribution in [2.75, 3.05) is 13.2 Å². The van der Waals surface area contributed by atoms with Gasteiger partial charge in [-0.25, -0.2) is 14.3 Å². The summed E-state index contributed by atoms with van der Waals surface area (Å²) in [4.78, 5) is 23.2. The quantitative estimate of drug-likeness (QED) is 0.704. The number of hydrogen-bond donors (Lipinski definition) is 0. The molecule has 1 aromatic rings. The van der Waals surface area contributed by atoms with Crippen LogP contribution >= 0.6 is 0 Å². The van der Waals surface area contributed by atoms with E-state index in [9.17, 15) is 9.59 Å². The second kappa shape index (κ2) is 5.97. The standard InChI is InChI=1S/C10H15N3O4/c1-4-13-8(10(15)17-6-3)7(11-12-13)9(14)16-5-2/h4-6H2,1-3H3. The smallest absolute Gasteiger partial charge is 0.361 e. The fraction of sp³-hybridized carbons (Fsp3) is 0.600. The third kappa shape index (κ3) is 2.80. The van der Waals surface area contributed by atoms with Gasteiger partial charge in [0, 0.05) is 6.54 Å². The third-order valence-corrected chi connectivity index (χ3v) is 1.97. The molecule has 7 nitrogen and oxygen atoms in total. The normalized spacial score (nSPS) is 10.1. The van der Waals surface area contributed by atoms with E-state index in [1.165, 1.54) is 4.68 Å². The van der Waals surface area contributed by atoms with Crippen molar-refractivity contribution in [2.24, 2.45) is 0 Å². The van der Waals surface area contributed by atoms with Crippen LogP contribution in [0.15, 0.2) is 0 Å². The van der Waals surface area contributed by atoms with E-state index in [1.54, 1.807) is 20.8 Å². The van der Waals surface area contributed by atoms with E-state index in [2.05, 4.69) is 10.3 Å². The van der Waals surface area contributed by atoms with Crippen molar-refractivity contribution in [1.82, 2.24) is 15.0 Å². The third-order valence-electron chi connectivity index (χ3n) is 1.97. The molecule has 0 fully saturated rings. The molecule has 0 radical (unpaired) electrons. The lowest BCUT2D eigenvalue weighted by molar-refractivity contribution is 0.0467. The molecule has 0 aromatic carbocycles. The lowest BCUT2D eigenvalue weighted by atomic mass is 10.3. The Hall–Kier alpha value is -1.92. The van der Waals surface area contributed by atoms with Gasteiger partial charge < -0.3 is 9.47 Å². The van der Waals surface area contributed by atoms with Crippen LogP contribution in [0.2, 0.25) is 0 Å². The van der Waals surface area contributed by atoms with E-state index in [-0.39, 0.29) is 24.6 Å². The number of carbonyl (C=O) groups excluding carboxylic acids is 2. The maximum absolute atomic E-state index is 11.7. The molecule has 0 aliphatic heterocycles. The Morgan fingerprint density at radius 3 is 2.24 bits per heavy atom. The number of aryl methyl sites for hydroxylation is 1. The molecule has 0 aliphatic carbocycles. The molecule has 0 spiro atoms. The summed E-state index contributed by atoms with van der Waals surface area (Å²) in [5, 5.41) is 7.35. The molecule has 0 amide bonds.